The van der Waals surface area contributed by atoms with Gasteiger partial charge in [-0.3, -0.25) is 0 Å². The molecule has 0 saturated carbocycles. The fraction of sp³-hybridized carbons (Fsp3) is 0.600. The molecule has 0 spiro atoms. The zero-order valence-electron chi connectivity index (χ0n) is 9.44. The number of rotatable bonds is 5. The molecule has 2 N–H and O–H groups in total. The summed E-state index contributed by atoms with van der Waals surface area (Å²) in [5.41, 5.74) is 0. The number of nitrogens with zero attached hydrogens (tertiary/aromatic N) is 3. The van der Waals surface area contributed by atoms with E-state index in [1.165, 1.54) is 0 Å². The van der Waals surface area contributed by atoms with Crippen LogP contribution in [0.2, 0.25) is 0 Å². The number of aliphatic hydroxyl groups excluding tert-OH is 1. The molecule has 0 bridgehead atoms. The maximum Gasteiger partial charge on any atom is 0.226 e. The summed E-state index contributed by atoms with van der Waals surface area (Å²) in [5, 5.41) is 12.0. The van der Waals surface area contributed by atoms with Crippen molar-refractivity contribution < 1.29 is 5.11 Å². The molecule has 0 fully saturated rings. The van der Waals surface area contributed by atoms with Crippen LogP contribution in [0.15, 0.2) is 12.3 Å². The molecule has 84 valence electrons. The second kappa shape index (κ2) is 5.50. The largest absolute Gasteiger partial charge is 0.396 e. The fourth-order valence-electron chi connectivity index (χ4n) is 1.16. The van der Waals surface area contributed by atoms with Gasteiger partial charge in [-0.25, -0.2) is 4.98 Å². The highest BCUT2D eigenvalue weighted by Crippen LogP contribution is 2.09. The quantitative estimate of drug-likeness (QED) is 0.750. The maximum atomic E-state index is 8.78. The predicted octanol–water partition coefficient (Wildman–Crippen LogP) is 0.725. The number of aliphatic hydroxyl groups is 1. The van der Waals surface area contributed by atoms with E-state index in [1.54, 1.807) is 6.20 Å². The van der Waals surface area contributed by atoms with Crippen LogP contribution in [0.5, 0.6) is 0 Å². The van der Waals surface area contributed by atoms with Gasteiger partial charge in [0.25, 0.3) is 0 Å². The minimum absolute atomic E-state index is 0.180. The third kappa shape index (κ3) is 3.71. The van der Waals surface area contributed by atoms with E-state index in [0.29, 0.717) is 12.4 Å². The molecule has 1 rings (SSSR count). The number of nitrogens with one attached hydrogen (secondary N) is 1. The van der Waals surface area contributed by atoms with Crippen LogP contribution in [0.3, 0.4) is 0 Å². The minimum atomic E-state index is 0.180. The van der Waals surface area contributed by atoms with E-state index >= 15 is 0 Å². The van der Waals surface area contributed by atoms with E-state index in [4.69, 9.17) is 5.11 Å². The molecule has 0 aromatic carbocycles. The molecule has 1 aromatic rings. The van der Waals surface area contributed by atoms with Gasteiger partial charge in [-0.15, -0.1) is 0 Å². The Labute approximate surface area is 90.2 Å². The molecule has 1 aromatic heterocycles. The van der Waals surface area contributed by atoms with Crippen LogP contribution in [-0.4, -0.2) is 41.8 Å². The molecule has 1 heterocycles. The average molecular weight is 210 g/mol. The second-order valence-electron chi connectivity index (χ2n) is 3.69. The van der Waals surface area contributed by atoms with E-state index in [1.807, 2.05) is 32.0 Å². The summed E-state index contributed by atoms with van der Waals surface area (Å²) >= 11 is 0. The first-order valence-electron chi connectivity index (χ1n) is 5.01. The van der Waals surface area contributed by atoms with Crippen LogP contribution in [0.4, 0.5) is 11.8 Å². The van der Waals surface area contributed by atoms with Gasteiger partial charge in [-0.05, 0) is 19.4 Å². The summed E-state index contributed by atoms with van der Waals surface area (Å²) in [7, 11) is 3.80. The van der Waals surface area contributed by atoms with Crippen molar-refractivity contribution in [3.05, 3.63) is 12.3 Å². The lowest BCUT2D eigenvalue weighted by atomic mass is 10.2. The van der Waals surface area contributed by atoms with Gasteiger partial charge >= 0.3 is 0 Å². The first kappa shape index (κ1) is 11.7. The lowest BCUT2D eigenvalue weighted by Gasteiger charge is -2.15. The summed E-state index contributed by atoms with van der Waals surface area (Å²) < 4.78 is 0. The van der Waals surface area contributed by atoms with Gasteiger partial charge in [0.2, 0.25) is 5.95 Å². The van der Waals surface area contributed by atoms with E-state index in [-0.39, 0.29) is 12.6 Å². The van der Waals surface area contributed by atoms with Crippen molar-refractivity contribution in [3.8, 4) is 0 Å². The van der Waals surface area contributed by atoms with Crippen LogP contribution in [0.25, 0.3) is 0 Å². The smallest absolute Gasteiger partial charge is 0.226 e. The summed E-state index contributed by atoms with van der Waals surface area (Å²) in [4.78, 5) is 10.3. The Balaban J connectivity index is 2.65. The monoisotopic (exact) mass is 210 g/mol. The van der Waals surface area contributed by atoms with Gasteiger partial charge < -0.3 is 15.3 Å². The molecule has 5 nitrogen and oxygen atoms in total. The first-order valence-corrected chi connectivity index (χ1v) is 5.01. The van der Waals surface area contributed by atoms with Crippen molar-refractivity contribution in [2.75, 3.05) is 30.9 Å². The highest BCUT2D eigenvalue weighted by Gasteiger charge is 2.04. The van der Waals surface area contributed by atoms with Crippen LogP contribution in [0, 0.1) is 0 Å². The maximum absolute atomic E-state index is 8.78. The third-order valence-corrected chi connectivity index (χ3v) is 2.00. The summed E-state index contributed by atoms with van der Waals surface area (Å²) in [5.74, 6) is 1.46. The zero-order valence-corrected chi connectivity index (χ0v) is 9.44. The van der Waals surface area contributed by atoms with E-state index < -0.39 is 0 Å². The van der Waals surface area contributed by atoms with Crippen molar-refractivity contribution in [2.24, 2.45) is 0 Å². The molecule has 1 atom stereocenters. The van der Waals surface area contributed by atoms with Gasteiger partial charge in [0.15, 0.2) is 0 Å². The van der Waals surface area contributed by atoms with Crippen molar-refractivity contribution in [3.63, 3.8) is 0 Å². The van der Waals surface area contributed by atoms with Gasteiger partial charge in [-0.1, -0.05) is 0 Å². The number of hydrogen-bond acceptors (Lipinski definition) is 5. The Kier molecular flexibility index (Phi) is 4.30. The van der Waals surface area contributed by atoms with Crippen LogP contribution in [0.1, 0.15) is 13.3 Å². The van der Waals surface area contributed by atoms with Crippen LogP contribution in [-0.2, 0) is 0 Å². The Morgan fingerprint density at radius 3 is 2.87 bits per heavy atom. The van der Waals surface area contributed by atoms with E-state index in [9.17, 15) is 0 Å². The van der Waals surface area contributed by atoms with Gasteiger partial charge in [0, 0.05) is 32.9 Å². The van der Waals surface area contributed by atoms with Gasteiger partial charge in [0.1, 0.15) is 5.82 Å². The number of hydrogen-bond donors (Lipinski definition) is 2. The fourth-order valence-corrected chi connectivity index (χ4v) is 1.16. The van der Waals surface area contributed by atoms with E-state index in [2.05, 4.69) is 15.3 Å². The molecule has 0 aliphatic rings. The normalized spacial score (nSPS) is 12.3. The van der Waals surface area contributed by atoms with Crippen molar-refractivity contribution in [1.82, 2.24) is 9.97 Å². The van der Waals surface area contributed by atoms with Crippen molar-refractivity contribution >= 4 is 11.8 Å². The van der Waals surface area contributed by atoms with Crippen LogP contribution < -0.4 is 10.2 Å². The average Bonchev–Trinajstić information content (AvgIpc) is 2.18. The highest BCUT2D eigenvalue weighted by molar-refractivity contribution is 5.40. The zero-order chi connectivity index (χ0) is 11.3. The van der Waals surface area contributed by atoms with Gasteiger partial charge in [0.05, 0.1) is 0 Å². The molecule has 0 radical (unpaired) electrons. The summed E-state index contributed by atoms with van der Waals surface area (Å²) in [6.45, 7) is 2.19. The van der Waals surface area contributed by atoms with Crippen molar-refractivity contribution in [1.29, 1.82) is 0 Å². The Morgan fingerprint density at radius 1 is 1.53 bits per heavy atom. The lowest BCUT2D eigenvalue weighted by Crippen LogP contribution is -2.19. The standard InChI is InChI=1S/C10H18N4O/c1-8(5-7-15)12-9-4-6-11-10(13-9)14(2)3/h4,6,8,15H,5,7H2,1-3H3,(H,11,12,13). The second-order valence-corrected chi connectivity index (χ2v) is 3.69. The molecule has 0 aliphatic carbocycles. The molecular weight excluding hydrogens is 192 g/mol. The van der Waals surface area contributed by atoms with Gasteiger partial charge in [-0.2, -0.15) is 4.98 Å². The molecule has 0 saturated heterocycles. The minimum Gasteiger partial charge on any atom is -0.396 e. The first-order chi connectivity index (χ1) is 7.13. The Morgan fingerprint density at radius 2 is 2.27 bits per heavy atom. The SMILES string of the molecule is CC(CCO)Nc1ccnc(N(C)C)n1. The number of anilines is 2. The highest BCUT2D eigenvalue weighted by atomic mass is 16.3. The van der Waals surface area contributed by atoms with E-state index in [0.717, 1.165) is 5.82 Å². The summed E-state index contributed by atoms with van der Waals surface area (Å²) in [6.07, 6.45) is 2.43. The summed E-state index contributed by atoms with van der Waals surface area (Å²) in [6, 6.07) is 2.03. The Hall–Kier alpha value is -1.36. The number of aromatic nitrogens is 2. The molecule has 15 heavy (non-hydrogen) atoms. The molecule has 1 unspecified atom stereocenters. The molecular formula is C10H18N4O. The topological polar surface area (TPSA) is 61.3 Å². The molecule has 0 aliphatic heterocycles. The van der Waals surface area contributed by atoms with Crippen LogP contribution >= 0.6 is 0 Å². The lowest BCUT2D eigenvalue weighted by molar-refractivity contribution is 0.282. The predicted molar refractivity (Wildman–Crippen MR) is 61.1 cm³/mol. The van der Waals surface area contributed by atoms with Crippen molar-refractivity contribution in [2.45, 2.75) is 19.4 Å². The molecule has 0 amide bonds. The Bertz CT molecular complexity index is 303. The molecule has 5 heteroatoms. The third-order valence-electron chi connectivity index (χ3n) is 2.00.